The molecule has 104 valence electrons. The van der Waals surface area contributed by atoms with Gasteiger partial charge in [0.05, 0.1) is 23.4 Å². The number of nitrogens with zero attached hydrogens (tertiary/aromatic N) is 1. The molecule has 0 atom stereocenters. The van der Waals surface area contributed by atoms with E-state index in [9.17, 15) is 0 Å². The van der Waals surface area contributed by atoms with Crippen LogP contribution in [0, 0.1) is 0 Å². The van der Waals surface area contributed by atoms with Crippen LogP contribution in [0.2, 0.25) is 0 Å². The van der Waals surface area contributed by atoms with Crippen LogP contribution in [0.3, 0.4) is 0 Å². The molecule has 0 radical (unpaired) electrons. The average molecular weight is 282 g/mol. The van der Waals surface area contributed by atoms with Gasteiger partial charge in [0, 0.05) is 20.3 Å². The predicted octanol–water partition coefficient (Wildman–Crippen LogP) is 2.67. The quantitative estimate of drug-likeness (QED) is 0.625. The smallest absolute Gasteiger partial charge is 0.166 e. The molecule has 1 aromatic heterocycles. The molecule has 0 aliphatic carbocycles. The third kappa shape index (κ3) is 3.62. The van der Waals surface area contributed by atoms with Gasteiger partial charge in [-0.2, -0.15) is 0 Å². The highest BCUT2D eigenvalue weighted by molar-refractivity contribution is 7.99. The first-order valence-corrected chi connectivity index (χ1v) is 7.06. The van der Waals surface area contributed by atoms with Gasteiger partial charge < -0.3 is 19.2 Å². The molecule has 2 rings (SSSR count). The maximum absolute atomic E-state index is 5.46. The molecule has 0 amide bonds. The standard InChI is InChI=1S/C13H18N2O3S/c1-4-18-9-5-6-10-11(7-9)15-13(14-10)19-8-12(16-2)17-3/h5-7,12H,4,8H2,1-3H3,(H,14,15). The largest absolute Gasteiger partial charge is 0.494 e. The summed E-state index contributed by atoms with van der Waals surface area (Å²) in [5.41, 5.74) is 1.90. The molecule has 5 nitrogen and oxygen atoms in total. The lowest BCUT2D eigenvalue weighted by molar-refractivity contribution is -0.0842. The molecule has 0 spiro atoms. The van der Waals surface area contributed by atoms with Gasteiger partial charge in [0.25, 0.3) is 0 Å². The fourth-order valence-corrected chi connectivity index (χ4v) is 2.58. The topological polar surface area (TPSA) is 56.4 Å². The molecule has 1 heterocycles. The van der Waals surface area contributed by atoms with Crippen molar-refractivity contribution in [2.75, 3.05) is 26.6 Å². The van der Waals surface area contributed by atoms with Gasteiger partial charge in [-0.15, -0.1) is 0 Å². The second-order valence-corrected chi connectivity index (χ2v) is 4.87. The number of rotatable bonds is 7. The van der Waals surface area contributed by atoms with Crippen LogP contribution < -0.4 is 4.74 Å². The van der Waals surface area contributed by atoms with Crippen molar-refractivity contribution >= 4 is 22.8 Å². The highest BCUT2D eigenvalue weighted by atomic mass is 32.2. The fraction of sp³-hybridized carbons (Fsp3) is 0.462. The summed E-state index contributed by atoms with van der Waals surface area (Å²) in [7, 11) is 3.25. The van der Waals surface area contributed by atoms with Crippen LogP contribution in [0.25, 0.3) is 11.0 Å². The van der Waals surface area contributed by atoms with Crippen LogP contribution in [-0.4, -0.2) is 42.8 Å². The summed E-state index contributed by atoms with van der Waals surface area (Å²) < 4.78 is 15.7. The number of H-pyrrole nitrogens is 1. The van der Waals surface area contributed by atoms with Crippen molar-refractivity contribution < 1.29 is 14.2 Å². The Morgan fingerprint density at radius 2 is 2.11 bits per heavy atom. The van der Waals surface area contributed by atoms with Gasteiger partial charge in [0.15, 0.2) is 11.4 Å². The van der Waals surface area contributed by atoms with Gasteiger partial charge >= 0.3 is 0 Å². The third-order valence-electron chi connectivity index (χ3n) is 2.62. The second kappa shape index (κ2) is 6.79. The van der Waals surface area contributed by atoms with Crippen LogP contribution in [0.1, 0.15) is 6.92 Å². The van der Waals surface area contributed by atoms with E-state index in [0.717, 1.165) is 21.9 Å². The second-order valence-electron chi connectivity index (χ2n) is 3.87. The van der Waals surface area contributed by atoms with E-state index in [4.69, 9.17) is 14.2 Å². The minimum absolute atomic E-state index is 0.225. The number of aromatic nitrogens is 2. The Morgan fingerprint density at radius 1 is 1.32 bits per heavy atom. The molecule has 0 saturated heterocycles. The lowest BCUT2D eigenvalue weighted by atomic mass is 10.3. The van der Waals surface area contributed by atoms with E-state index in [1.807, 2.05) is 25.1 Å². The van der Waals surface area contributed by atoms with E-state index >= 15 is 0 Å². The molecule has 2 aromatic rings. The predicted molar refractivity (Wildman–Crippen MR) is 75.8 cm³/mol. The summed E-state index contributed by atoms with van der Waals surface area (Å²) in [6.45, 7) is 2.62. The van der Waals surface area contributed by atoms with Crippen molar-refractivity contribution in [2.24, 2.45) is 0 Å². The van der Waals surface area contributed by atoms with Gasteiger partial charge in [0.1, 0.15) is 5.75 Å². The molecule has 0 aliphatic heterocycles. The Bertz CT molecular complexity index is 526. The van der Waals surface area contributed by atoms with Gasteiger partial charge in [-0.1, -0.05) is 11.8 Å². The molecule has 0 unspecified atom stereocenters. The summed E-state index contributed by atoms with van der Waals surface area (Å²) in [5.74, 6) is 1.53. The van der Waals surface area contributed by atoms with Crippen LogP contribution in [-0.2, 0) is 9.47 Å². The Hall–Kier alpha value is -1.24. The highest BCUT2D eigenvalue weighted by Crippen LogP contribution is 2.24. The molecular weight excluding hydrogens is 264 g/mol. The van der Waals surface area contributed by atoms with Crippen molar-refractivity contribution in [3.05, 3.63) is 18.2 Å². The van der Waals surface area contributed by atoms with Crippen LogP contribution in [0.5, 0.6) is 5.75 Å². The zero-order valence-corrected chi connectivity index (χ0v) is 12.1. The Balaban J connectivity index is 2.08. The fourth-order valence-electron chi connectivity index (χ4n) is 1.67. The summed E-state index contributed by atoms with van der Waals surface area (Å²) in [6, 6.07) is 5.83. The normalized spacial score (nSPS) is 11.4. The average Bonchev–Trinajstić information content (AvgIpc) is 2.82. The maximum atomic E-state index is 5.46. The maximum Gasteiger partial charge on any atom is 0.166 e. The van der Waals surface area contributed by atoms with Crippen LogP contribution in [0.15, 0.2) is 23.4 Å². The van der Waals surface area contributed by atoms with Crippen molar-refractivity contribution in [1.29, 1.82) is 0 Å². The molecule has 0 fully saturated rings. The van der Waals surface area contributed by atoms with E-state index in [1.165, 1.54) is 0 Å². The first-order valence-electron chi connectivity index (χ1n) is 6.07. The minimum Gasteiger partial charge on any atom is -0.494 e. The summed E-state index contributed by atoms with van der Waals surface area (Å²) >= 11 is 1.57. The number of benzene rings is 1. The van der Waals surface area contributed by atoms with Crippen molar-refractivity contribution in [3.63, 3.8) is 0 Å². The molecular formula is C13H18N2O3S. The number of aromatic amines is 1. The number of fused-ring (bicyclic) bond motifs is 1. The third-order valence-corrected chi connectivity index (χ3v) is 3.53. The zero-order chi connectivity index (χ0) is 13.7. The number of hydrogen-bond donors (Lipinski definition) is 1. The zero-order valence-electron chi connectivity index (χ0n) is 11.3. The molecule has 1 aromatic carbocycles. The van der Waals surface area contributed by atoms with Crippen molar-refractivity contribution in [3.8, 4) is 5.75 Å². The molecule has 0 bridgehead atoms. The Morgan fingerprint density at radius 3 is 2.79 bits per heavy atom. The Kier molecular flexibility index (Phi) is 5.07. The number of methoxy groups -OCH3 is 2. The molecule has 0 aliphatic rings. The molecule has 6 heteroatoms. The molecule has 0 saturated carbocycles. The van der Waals surface area contributed by atoms with Gasteiger partial charge in [0.2, 0.25) is 0 Å². The number of nitrogens with one attached hydrogen (secondary N) is 1. The van der Waals surface area contributed by atoms with Crippen molar-refractivity contribution in [2.45, 2.75) is 18.4 Å². The monoisotopic (exact) mass is 282 g/mol. The van der Waals surface area contributed by atoms with Crippen molar-refractivity contribution in [1.82, 2.24) is 9.97 Å². The van der Waals surface area contributed by atoms with E-state index < -0.39 is 0 Å². The SMILES string of the molecule is CCOc1ccc2nc(SCC(OC)OC)[nH]c2c1. The first kappa shape index (κ1) is 14.2. The minimum atomic E-state index is -0.225. The summed E-state index contributed by atoms with van der Waals surface area (Å²) in [6.07, 6.45) is -0.225. The van der Waals surface area contributed by atoms with Crippen LogP contribution in [0.4, 0.5) is 0 Å². The van der Waals surface area contributed by atoms with E-state index in [0.29, 0.717) is 12.4 Å². The molecule has 1 N–H and O–H groups in total. The lowest BCUT2D eigenvalue weighted by Crippen LogP contribution is -2.15. The first-order chi connectivity index (χ1) is 9.26. The van der Waals surface area contributed by atoms with E-state index in [1.54, 1.807) is 26.0 Å². The highest BCUT2D eigenvalue weighted by Gasteiger charge is 2.09. The summed E-state index contributed by atoms with van der Waals surface area (Å²) in [5, 5.41) is 0.850. The number of imidazole rings is 1. The van der Waals surface area contributed by atoms with Crippen LogP contribution >= 0.6 is 11.8 Å². The van der Waals surface area contributed by atoms with Gasteiger partial charge in [-0.3, -0.25) is 0 Å². The number of ether oxygens (including phenoxy) is 3. The lowest BCUT2D eigenvalue weighted by Gasteiger charge is -2.10. The van der Waals surface area contributed by atoms with E-state index in [2.05, 4.69) is 9.97 Å². The molecule has 19 heavy (non-hydrogen) atoms. The number of hydrogen-bond acceptors (Lipinski definition) is 5. The number of thioether (sulfide) groups is 1. The van der Waals surface area contributed by atoms with Gasteiger partial charge in [-0.05, 0) is 19.1 Å². The summed E-state index contributed by atoms with van der Waals surface area (Å²) in [4.78, 5) is 7.75. The van der Waals surface area contributed by atoms with E-state index in [-0.39, 0.29) is 6.29 Å². The van der Waals surface area contributed by atoms with Gasteiger partial charge in [-0.25, -0.2) is 4.98 Å². The Labute approximate surface area is 116 Å².